The predicted molar refractivity (Wildman–Crippen MR) is 67.0 cm³/mol. The molecule has 2 heterocycles. The minimum absolute atomic E-state index is 0.245. The highest BCUT2D eigenvalue weighted by atomic mass is 15.3. The molecular formula is C12H17N5. The highest BCUT2D eigenvalue weighted by Crippen LogP contribution is 2.22. The van der Waals surface area contributed by atoms with Gasteiger partial charge in [0.25, 0.3) is 0 Å². The molecule has 0 aromatic carbocycles. The van der Waals surface area contributed by atoms with Crippen molar-refractivity contribution in [3.05, 3.63) is 24.0 Å². The summed E-state index contributed by atoms with van der Waals surface area (Å²) in [5.74, 6) is 0.986. The molecule has 5 heteroatoms. The molecule has 90 valence electrons. The first-order valence-corrected chi connectivity index (χ1v) is 6.06. The summed E-state index contributed by atoms with van der Waals surface area (Å²) in [5, 5.41) is 7.73. The average molecular weight is 231 g/mol. The molecule has 2 aromatic rings. The summed E-state index contributed by atoms with van der Waals surface area (Å²) in [5.41, 5.74) is 8.13. The van der Waals surface area contributed by atoms with Crippen LogP contribution in [0.5, 0.6) is 0 Å². The Labute approximate surface area is 100 Å². The Balaban J connectivity index is 1.96. The molecule has 1 fully saturated rings. The number of fused-ring (bicyclic) bond motifs is 1. The first-order chi connectivity index (χ1) is 8.24. The zero-order valence-corrected chi connectivity index (χ0v) is 9.93. The molecular weight excluding hydrogens is 214 g/mol. The van der Waals surface area contributed by atoms with Gasteiger partial charge in [0.2, 0.25) is 0 Å². The third kappa shape index (κ3) is 1.86. The topological polar surface area (TPSA) is 68.2 Å². The van der Waals surface area contributed by atoms with Gasteiger partial charge in [-0.3, -0.25) is 0 Å². The van der Waals surface area contributed by atoms with Crippen molar-refractivity contribution in [3.8, 4) is 0 Å². The number of nitrogens with zero attached hydrogens (tertiary/aromatic N) is 3. The molecule has 3 rings (SSSR count). The van der Waals surface area contributed by atoms with Crippen LogP contribution in [-0.4, -0.2) is 26.7 Å². The third-order valence-corrected chi connectivity index (χ3v) is 3.43. The lowest BCUT2D eigenvalue weighted by Gasteiger charge is -2.19. The van der Waals surface area contributed by atoms with Crippen LogP contribution < -0.4 is 11.1 Å². The van der Waals surface area contributed by atoms with E-state index >= 15 is 0 Å². The van der Waals surface area contributed by atoms with E-state index in [0.29, 0.717) is 6.04 Å². The molecule has 1 saturated carbocycles. The first-order valence-electron chi connectivity index (χ1n) is 6.06. The monoisotopic (exact) mass is 231 g/mol. The Morgan fingerprint density at radius 2 is 2.29 bits per heavy atom. The summed E-state index contributed by atoms with van der Waals surface area (Å²) < 4.78 is 1.83. The van der Waals surface area contributed by atoms with Crippen LogP contribution in [0.25, 0.3) is 5.65 Å². The van der Waals surface area contributed by atoms with E-state index in [1.54, 1.807) is 6.33 Å². The fourth-order valence-corrected chi connectivity index (χ4v) is 2.52. The van der Waals surface area contributed by atoms with Gasteiger partial charge in [-0.05, 0) is 43.9 Å². The number of hydrogen-bond acceptors (Lipinski definition) is 4. The molecule has 1 aliphatic rings. The number of pyridine rings is 1. The lowest BCUT2D eigenvalue weighted by molar-refractivity contribution is 0.632. The lowest BCUT2D eigenvalue weighted by atomic mass is 10.2. The molecule has 3 N–H and O–H groups in total. The van der Waals surface area contributed by atoms with E-state index in [9.17, 15) is 0 Å². The van der Waals surface area contributed by atoms with Gasteiger partial charge in [0, 0.05) is 12.1 Å². The average Bonchev–Trinajstić information content (AvgIpc) is 2.88. The molecule has 0 saturated heterocycles. The Hall–Kier alpha value is -1.62. The fourth-order valence-electron chi connectivity index (χ4n) is 2.52. The van der Waals surface area contributed by atoms with Crippen LogP contribution in [0.15, 0.2) is 18.5 Å². The molecule has 2 aromatic heterocycles. The molecule has 17 heavy (non-hydrogen) atoms. The summed E-state index contributed by atoms with van der Waals surface area (Å²) in [6.07, 6.45) is 5.01. The second-order valence-electron chi connectivity index (χ2n) is 4.79. The van der Waals surface area contributed by atoms with Gasteiger partial charge in [0.15, 0.2) is 5.65 Å². The van der Waals surface area contributed by atoms with Gasteiger partial charge in [-0.15, -0.1) is 0 Å². The van der Waals surface area contributed by atoms with Crippen molar-refractivity contribution in [1.29, 1.82) is 0 Å². The molecule has 0 bridgehead atoms. The van der Waals surface area contributed by atoms with Gasteiger partial charge in [-0.25, -0.2) is 4.98 Å². The van der Waals surface area contributed by atoms with E-state index in [1.165, 1.54) is 12.0 Å². The van der Waals surface area contributed by atoms with Crippen molar-refractivity contribution < 1.29 is 0 Å². The maximum absolute atomic E-state index is 6.08. The van der Waals surface area contributed by atoms with Crippen LogP contribution >= 0.6 is 0 Å². The van der Waals surface area contributed by atoms with Crippen LogP contribution in [0.4, 0.5) is 5.82 Å². The molecule has 0 amide bonds. The number of nitrogens with two attached hydrogens (primary N) is 1. The zero-order valence-electron chi connectivity index (χ0n) is 9.93. The second kappa shape index (κ2) is 4.00. The van der Waals surface area contributed by atoms with E-state index in [1.807, 2.05) is 10.6 Å². The van der Waals surface area contributed by atoms with Gasteiger partial charge in [-0.1, -0.05) is 0 Å². The number of rotatable bonds is 2. The Bertz CT molecular complexity index is 533. The molecule has 1 aliphatic carbocycles. The van der Waals surface area contributed by atoms with Crippen molar-refractivity contribution in [1.82, 2.24) is 14.6 Å². The molecule has 0 radical (unpaired) electrons. The number of anilines is 1. The highest BCUT2D eigenvalue weighted by Gasteiger charge is 2.24. The number of aromatic nitrogens is 3. The van der Waals surface area contributed by atoms with E-state index in [2.05, 4.69) is 28.4 Å². The molecule has 2 atom stereocenters. The SMILES string of the molecule is Cc1cc(NC2CCCC2N)n2ncnc2c1. The number of hydrogen-bond donors (Lipinski definition) is 2. The minimum atomic E-state index is 0.245. The van der Waals surface area contributed by atoms with Crippen molar-refractivity contribution >= 4 is 11.5 Å². The normalized spacial score (nSPS) is 24.4. The third-order valence-electron chi connectivity index (χ3n) is 3.43. The van der Waals surface area contributed by atoms with Crippen LogP contribution in [0.2, 0.25) is 0 Å². The molecule has 0 spiro atoms. The number of nitrogens with one attached hydrogen (secondary N) is 1. The Morgan fingerprint density at radius 1 is 1.41 bits per heavy atom. The van der Waals surface area contributed by atoms with Crippen LogP contribution in [0, 0.1) is 6.92 Å². The maximum Gasteiger partial charge on any atom is 0.157 e. The van der Waals surface area contributed by atoms with Crippen LogP contribution in [0.1, 0.15) is 24.8 Å². The highest BCUT2D eigenvalue weighted by molar-refractivity contribution is 5.51. The lowest BCUT2D eigenvalue weighted by Crippen LogP contribution is -2.35. The van der Waals surface area contributed by atoms with Crippen molar-refractivity contribution in [3.63, 3.8) is 0 Å². The summed E-state index contributed by atoms with van der Waals surface area (Å²) in [6.45, 7) is 2.06. The second-order valence-corrected chi connectivity index (χ2v) is 4.79. The molecule has 5 nitrogen and oxygen atoms in total. The smallest absolute Gasteiger partial charge is 0.157 e. The van der Waals surface area contributed by atoms with Gasteiger partial charge < -0.3 is 11.1 Å². The molecule has 0 aliphatic heterocycles. The Morgan fingerprint density at radius 3 is 3.06 bits per heavy atom. The van der Waals surface area contributed by atoms with Crippen molar-refractivity contribution in [2.45, 2.75) is 38.3 Å². The largest absolute Gasteiger partial charge is 0.366 e. The summed E-state index contributed by atoms with van der Waals surface area (Å²) in [4.78, 5) is 4.21. The quantitative estimate of drug-likeness (QED) is 0.818. The van der Waals surface area contributed by atoms with Crippen molar-refractivity contribution in [2.75, 3.05) is 5.32 Å². The van der Waals surface area contributed by atoms with E-state index in [-0.39, 0.29) is 6.04 Å². The maximum atomic E-state index is 6.08. The minimum Gasteiger partial charge on any atom is -0.366 e. The summed E-state index contributed by atoms with van der Waals surface area (Å²) in [7, 11) is 0. The summed E-state index contributed by atoms with van der Waals surface area (Å²) >= 11 is 0. The van der Waals surface area contributed by atoms with Crippen LogP contribution in [0.3, 0.4) is 0 Å². The summed E-state index contributed by atoms with van der Waals surface area (Å²) in [6, 6.07) is 4.71. The van der Waals surface area contributed by atoms with E-state index in [4.69, 9.17) is 5.73 Å². The van der Waals surface area contributed by atoms with Gasteiger partial charge >= 0.3 is 0 Å². The molecule has 2 unspecified atom stereocenters. The van der Waals surface area contributed by atoms with E-state index < -0.39 is 0 Å². The Kier molecular flexibility index (Phi) is 2.48. The zero-order chi connectivity index (χ0) is 11.8. The van der Waals surface area contributed by atoms with Crippen LogP contribution in [-0.2, 0) is 0 Å². The van der Waals surface area contributed by atoms with Crippen molar-refractivity contribution in [2.24, 2.45) is 5.73 Å². The standard InChI is InChI=1S/C12H17N5/c1-8-5-11-14-7-15-17(11)12(6-8)16-10-4-2-3-9(10)13/h5-7,9-10,16H,2-4,13H2,1H3. The number of aryl methyl sites for hydroxylation is 1. The van der Waals surface area contributed by atoms with E-state index in [0.717, 1.165) is 24.3 Å². The van der Waals surface area contributed by atoms with Gasteiger partial charge in [-0.2, -0.15) is 9.61 Å². The predicted octanol–water partition coefficient (Wildman–Crippen LogP) is 1.33. The van der Waals surface area contributed by atoms with Gasteiger partial charge in [0.1, 0.15) is 12.1 Å². The van der Waals surface area contributed by atoms with Gasteiger partial charge in [0.05, 0.1) is 0 Å². The first kappa shape index (κ1) is 10.5. The fraction of sp³-hybridized carbons (Fsp3) is 0.500.